The second-order valence-electron chi connectivity index (χ2n) is 34.7. The number of fused-ring (bicyclic) bond motifs is 4. The molecule has 4 aliphatic rings. The van der Waals surface area contributed by atoms with E-state index in [1.165, 1.54) is 112 Å². The number of aldehydes is 2. The fourth-order valence-corrected chi connectivity index (χ4v) is 30.1. The molecule has 10 nitrogen and oxygen atoms in total. The van der Waals surface area contributed by atoms with E-state index in [0.717, 1.165) is 222 Å². The molecule has 4 aliphatic heterocycles. The number of carbonyl (C=O) groups is 6. The molecule has 6 unspecified atom stereocenters. The van der Waals surface area contributed by atoms with Crippen molar-refractivity contribution in [3.8, 4) is 59.9 Å². The average molecular weight is 1840 g/mol. The maximum Gasteiger partial charge on any atom is 0.261 e. The first-order chi connectivity index (χ1) is 60.5. The maximum atomic E-state index is 16.2. The average Bonchev–Trinajstić information content (AvgIpc) is 1.55. The van der Waals surface area contributed by atoms with Crippen molar-refractivity contribution in [1.82, 2.24) is 19.6 Å². The lowest BCUT2D eigenvalue weighted by Crippen LogP contribution is -2.34. The molecule has 0 saturated heterocycles. The molecule has 4 amide bonds. The molecular formula is C104H122N4O6S10. The highest BCUT2D eigenvalue weighted by Gasteiger charge is 2.52. The van der Waals surface area contributed by atoms with Crippen molar-refractivity contribution in [2.75, 3.05) is 26.2 Å². The maximum absolute atomic E-state index is 16.2. The van der Waals surface area contributed by atoms with Gasteiger partial charge in [0.1, 0.15) is 0 Å². The van der Waals surface area contributed by atoms with Crippen LogP contribution in [0.25, 0.3) is 103 Å². The molecule has 0 aliphatic carbocycles. The first-order valence-corrected chi connectivity index (χ1v) is 54.6. The summed E-state index contributed by atoms with van der Waals surface area (Å²) in [4.78, 5) is 115. The van der Waals surface area contributed by atoms with Gasteiger partial charge in [0.05, 0.1) is 74.3 Å². The molecule has 0 bridgehead atoms. The zero-order valence-electron chi connectivity index (χ0n) is 74.5. The van der Waals surface area contributed by atoms with E-state index in [-0.39, 0.29) is 47.3 Å². The molecule has 15 rings (SSSR count). The summed E-state index contributed by atoms with van der Waals surface area (Å²) in [5.41, 5.74) is 7.51. The molecule has 6 atom stereocenters. The zero-order chi connectivity index (χ0) is 87.0. The van der Waals surface area contributed by atoms with Crippen molar-refractivity contribution in [1.29, 1.82) is 0 Å². The van der Waals surface area contributed by atoms with Gasteiger partial charge in [-0.15, -0.1) is 113 Å². The van der Waals surface area contributed by atoms with Crippen LogP contribution in [0.4, 0.5) is 0 Å². The van der Waals surface area contributed by atoms with Crippen LogP contribution in [-0.2, 0) is 32.0 Å². The van der Waals surface area contributed by atoms with Gasteiger partial charge in [0.2, 0.25) is 0 Å². The van der Waals surface area contributed by atoms with Crippen LogP contribution in [-0.4, -0.2) is 82.0 Å². The Morgan fingerprint density at radius 3 is 0.766 bits per heavy atom. The number of thiophene rings is 10. The third-order valence-corrected chi connectivity index (χ3v) is 38.2. The van der Waals surface area contributed by atoms with E-state index in [9.17, 15) is 9.59 Å². The summed E-state index contributed by atoms with van der Waals surface area (Å²) in [5, 5.41) is 2.44. The number of hydrogen-bond acceptors (Lipinski definition) is 16. The predicted molar refractivity (Wildman–Crippen MR) is 538 cm³/mol. The quantitative estimate of drug-likeness (QED) is 0.0351. The van der Waals surface area contributed by atoms with E-state index in [1.807, 2.05) is 89.2 Å². The summed E-state index contributed by atoms with van der Waals surface area (Å²) in [6.45, 7) is 29.3. The lowest BCUT2D eigenvalue weighted by molar-refractivity contribution is -0.124. The number of nitrogens with zero attached hydrogens (tertiary/aromatic N) is 4. The van der Waals surface area contributed by atoms with Gasteiger partial charge in [0.15, 0.2) is 12.6 Å². The molecule has 20 heteroatoms. The van der Waals surface area contributed by atoms with Crippen molar-refractivity contribution < 1.29 is 28.8 Å². The summed E-state index contributed by atoms with van der Waals surface area (Å²) in [6, 6.07) is 39.7. The Bertz CT molecular complexity index is 5390. The highest BCUT2D eigenvalue weighted by atomic mass is 32.1. The van der Waals surface area contributed by atoms with Gasteiger partial charge in [-0.25, -0.2) is 0 Å². The largest absolute Gasteiger partial charge is 0.306 e. The number of rotatable bonds is 48. The monoisotopic (exact) mass is 1840 g/mol. The highest BCUT2D eigenvalue weighted by molar-refractivity contribution is 7.30. The van der Waals surface area contributed by atoms with Gasteiger partial charge in [-0.1, -0.05) is 212 Å². The van der Waals surface area contributed by atoms with Crippen LogP contribution in [0.5, 0.6) is 0 Å². The topological polar surface area (TPSA) is 115 Å². The van der Waals surface area contributed by atoms with Crippen molar-refractivity contribution >= 4 is 193 Å². The molecule has 124 heavy (non-hydrogen) atoms. The van der Waals surface area contributed by atoms with Crippen LogP contribution in [0.15, 0.2) is 131 Å². The molecule has 0 spiro atoms. The van der Waals surface area contributed by atoms with Gasteiger partial charge in [0.25, 0.3) is 23.6 Å². The zero-order valence-corrected chi connectivity index (χ0v) is 82.7. The minimum absolute atomic E-state index is 0.0934. The second-order valence-corrected chi connectivity index (χ2v) is 45.8. The number of amides is 4. The minimum Gasteiger partial charge on any atom is -0.306 e. The second kappa shape index (κ2) is 42.0. The highest BCUT2D eigenvalue weighted by Crippen LogP contribution is 2.59. The van der Waals surface area contributed by atoms with E-state index in [4.69, 9.17) is 0 Å². The van der Waals surface area contributed by atoms with Crippen molar-refractivity contribution in [2.24, 2.45) is 35.5 Å². The van der Waals surface area contributed by atoms with Crippen LogP contribution in [0, 0.1) is 35.5 Å². The first-order valence-electron chi connectivity index (χ1n) is 46.5. The van der Waals surface area contributed by atoms with Gasteiger partial charge < -0.3 is 19.6 Å². The lowest BCUT2D eigenvalue weighted by atomic mass is 9.95. The standard InChI is InChI=1S/C104H122N4O6S10/c1-13-25-31-63(19-7)53-69-37-43-81(115-69)89-73-55-87(79-47-51-85(121-79)97-93-91(101(111)107(97)59-67(23-11)35-29-17-5)95(105(103(93)113)57-65(21-9)33-27-15-3)83-49-45-77(119-83)75-41-39-71(61-109)117-75)124-100(73)90(82-44-38-70(116-82)54-64(20-8)32-26-14-2)74-56-88(123-99(74)89)80-48-52-86(122-80)98-94-92(102(112)108(98)60-68(24-12)36-30-18-6)96(106(104(94)114)58-66(22-10)34-28-16-4)84-50-46-78(120-84)76-42-40-72(62-110)118-76/h37-52,55-56,61-68H,13-36,53-54,57-60H2,1-12H3. The van der Waals surface area contributed by atoms with Crippen LogP contribution in [0.2, 0.25) is 0 Å². The van der Waals surface area contributed by atoms with Gasteiger partial charge in [0, 0.05) is 116 Å². The van der Waals surface area contributed by atoms with E-state index < -0.39 is 0 Å². The van der Waals surface area contributed by atoms with Crippen molar-refractivity contribution in [3.05, 3.63) is 171 Å². The van der Waals surface area contributed by atoms with Gasteiger partial charge in [-0.3, -0.25) is 28.8 Å². The van der Waals surface area contributed by atoms with Gasteiger partial charge >= 0.3 is 0 Å². The third-order valence-electron chi connectivity index (χ3n) is 26.5. The molecule has 0 saturated carbocycles. The van der Waals surface area contributed by atoms with E-state index in [2.05, 4.69) is 168 Å². The third kappa shape index (κ3) is 18.9. The number of carbonyl (C=O) groups excluding carboxylic acids is 6. The summed E-state index contributed by atoms with van der Waals surface area (Å²) in [7, 11) is 0. The van der Waals surface area contributed by atoms with E-state index in [1.54, 1.807) is 45.3 Å². The molecule has 14 heterocycles. The Balaban J connectivity index is 0.919. The van der Waals surface area contributed by atoms with Crippen molar-refractivity contribution in [3.63, 3.8) is 0 Å². The number of hydrogen-bond donors (Lipinski definition) is 0. The van der Waals surface area contributed by atoms with E-state index >= 15 is 19.2 Å². The van der Waals surface area contributed by atoms with Crippen molar-refractivity contribution in [2.45, 2.75) is 250 Å². The van der Waals surface area contributed by atoms with Gasteiger partial charge in [-0.2, -0.15) is 0 Å². The molecule has 1 aromatic carbocycles. The predicted octanol–water partition coefficient (Wildman–Crippen LogP) is 32.2. The minimum atomic E-state index is -0.0934. The van der Waals surface area contributed by atoms with Crippen LogP contribution in [0.1, 0.15) is 286 Å². The fraction of sp³-hybridized carbons (Fsp3) is 0.462. The summed E-state index contributed by atoms with van der Waals surface area (Å²) < 4.78 is 2.48. The number of unbranched alkanes of at least 4 members (excludes halogenated alkanes) is 6. The summed E-state index contributed by atoms with van der Waals surface area (Å²) >= 11 is 17.2. The Labute approximate surface area is 776 Å². The van der Waals surface area contributed by atoms with Crippen LogP contribution >= 0.6 is 113 Å². The lowest BCUT2D eigenvalue weighted by Gasteiger charge is -2.29. The molecule has 0 fully saturated rings. The normalized spacial score (nSPS) is 16.0. The molecule has 654 valence electrons. The smallest absolute Gasteiger partial charge is 0.261 e. The Kier molecular flexibility index (Phi) is 31.0. The Morgan fingerprint density at radius 1 is 0.266 bits per heavy atom. The molecule has 11 aromatic rings. The Hall–Kier alpha value is -7.08. The SMILES string of the molecule is CCCCC(CC)Cc1ccc(-c2c3cc(-c4ccc(C5=C6C(=O)N(CC(CC)CCCC)C(c7ccc(-c8ccc(C=O)s8)s7)=C6C(=O)N5CC(CC)CCCC)s4)sc3c(-c3ccc(CC(CC)CCCC)s3)c3cc(-c4ccc(C5=C6C(=O)N(CC(CC)CCCC)C(c7ccc(-c8ccc(C=O)s8)s7)=C6C(=O)N5CC(CC)CCCC)s4)sc23)s1. The molecule has 0 N–H and O–H groups in total. The first kappa shape index (κ1) is 91.7. The van der Waals surface area contributed by atoms with Gasteiger partial charge in [-0.05, 0) is 183 Å². The summed E-state index contributed by atoms with van der Waals surface area (Å²) in [5.74, 6) is 1.77. The number of benzene rings is 1. The van der Waals surface area contributed by atoms with E-state index in [0.29, 0.717) is 70.1 Å². The van der Waals surface area contributed by atoms with Crippen LogP contribution in [0.3, 0.4) is 0 Å². The molecule has 0 radical (unpaired) electrons. The Morgan fingerprint density at radius 2 is 0.508 bits per heavy atom. The molecule has 10 aromatic heterocycles. The summed E-state index contributed by atoms with van der Waals surface area (Å²) in [6.07, 6.45) is 29.5. The molecular weight excluding hydrogens is 1720 g/mol. The fourth-order valence-electron chi connectivity index (χ4n) is 18.9. The van der Waals surface area contributed by atoms with Crippen LogP contribution < -0.4 is 0 Å².